The normalized spacial score (nSPS) is 23.9. The molecule has 0 aromatic heterocycles. The van der Waals surface area contributed by atoms with E-state index in [9.17, 15) is 8.42 Å². The SMILES string of the molecule is CCOCCCNCC(C)N(C)C1CCS(=O)(=O)C1. The van der Waals surface area contributed by atoms with Gasteiger partial charge in [-0.3, -0.25) is 4.90 Å². The van der Waals surface area contributed by atoms with Crippen LogP contribution in [0, 0.1) is 0 Å². The highest BCUT2D eigenvalue weighted by atomic mass is 32.2. The van der Waals surface area contributed by atoms with Crippen LogP contribution in [-0.2, 0) is 14.6 Å². The molecule has 0 aromatic rings. The van der Waals surface area contributed by atoms with Crippen molar-refractivity contribution in [2.45, 2.75) is 38.8 Å². The maximum atomic E-state index is 11.5. The molecule has 2 atom stereocenters. The lowest BCUT2D eigenvalue weighted by Crippen LogP contribution is -2.44. The number of rotatable bonds is 9. The molecule has 114 valence electrons. The molecule has 0 amide bonds. The van der Waals surface area contributed by atoms with Crippen LogP contribution in [0.25, 0.3) is 0 Å². The molecule has 0 saturated carbocycles. The lowest BCUT2D eigenvalue weighted by molar-refractivity contribution is 0.143. The van der Waals surface area contributed by atoms with E-state index in [1.807, 2.05) is 14.0 Å². The molecule has 1 N–H and O–H groups in total. The number of ether oxygens (including phenoxy) is 1. The molecule has 2 unspecified atom stereocenters. The molecule has 1 aliphatic heterocycles. The van der Waals surface area contributed by atoms with Crippen LogP contribution in [0.15, 0.2) is 0 Å². The van der Waals surface area contributed by atoms with Gasteiger partial charge in [-0.1, -0.05) is 0 Å². The smallest absolute Gasteiger partial charge is 0.151 e. The van der Waals surface area contributed by atoms with Crippen LogP contribution < -0.4 is 5.32 Å². The minimum Gasteiger partial charge on any atom is -0.382 e. The van der Waals surface area contributed by atoms with Crippen LogP contribution in [0.4, 0.5) is 0 Å². The molecule has 0 bridgehead atoms. The highest BCUT2D eigenvalue weighted by Gasteiger charge is 2.32. The first kappa shape index (κ1) is 16.9. The summed E-state index contributed by atoms with van der Waals surface area (Å²) in [5.41, 5.74) is 0. The van der Waals surface area contributed by atoms with Gasteiger partial charge in [-0.25, -0.2) is 8.42 Å². The Hall–Kier alpha value is -0.170. The van der Waals surface area contributed by atoms with Gasteiger partial charge >= 0.3 is 0 Å². The van der Waals surface area contributed by atoms with E-state index in [4.69, 9.17) is 4.74 Å². The van der Waals surface area contributed by atoms with E-state index in [1.54, 1.807) is 0 Å². The zero-order valence-corrected chi connectivity index (χ0v) is 13.2. The topological polar surface area (TPSA) is 58.6 Å². The highest BCUT2D eigenvalue weighted by Crippen LogP contribution is 2.18. The quantitative estimate of drug-likeness (QED) is 0.628. The van der Waals surface area contributed by atoms with E-state index >= 15 is 0 Å². The maximum absolute atomic E-state index is 11.5. The number of nitrogens with one attached hydrogen (secondary N) is 1. The fourth-order valence-corrected chi connectivity index (χ4v) is 4.14. The minimum absolute atomic E-state index is 0.185. The van der Waals surface area contributed by atoms with Crippen molar-refractivity contribution < 1.29 is 13.2 Å². The summed E-state index contributed by atoms with van der Waals surface area (Å²) in [7, 11) is -0.762. The third-order valence-corrected chi connectivity index (χ3v) is 5.52. The number of hydrogen-bond acceptors (Lipinski definition) is 5. The second-order valence-corrected chi connectivity index (χ2v) is 7.55. The van der Waals surface area contributed by atoms with Crippen molar-refractivity contribution in [3.8, 4) is 0 Å². The van der Waals surface area contributed by atoms with Crippen molar-refractivity contribution in [2.75, 3.05) is 44.9 Å². The average Bonchev–Trinajstić information content (AvgIpc) is 2.73. The second kappa shape index (κ2) is 8.19. The highest BCUT2D eigenvalue weighted by molar-refractivity contribution is 7.91. The van der Waals surface area contributed by atoms with Crippen molar-refractivity contribution in [3.05, 3.63) is 0 Å². The molecule has 0 spiro atoms. The van der Waals surface area contributed by atoms with Gasteiger partial charge in [-0.2, -0.15) is 0 Å². The summed E-state index contributed by atoms with van der Waals surface area (Å²) >= 11 is 0. The van der Waals surface area contributed by atoms with Crippen LogP contribution in [0.2, 0.25) is 0 Å². The summed E-state index contributed by atoms with van der Waals surface area (Å²) in [6, 6.07) is 0.538. The summed E-state index contributed by atoms with van der Waals surface area (Å²) in [6.45, 7) is 7.55. The van der Waals surface area contributed by atoms with E-state index < -0.39 is 9.84 Å². The molecule has 1 heterocycles. The van der Waals surface area contributed by atoms with Crippen molar-refractivity contribution in [1.82, 2.24) is 10.2 Å². The first-order chi connectivity index (χ1) is 8.96. The van der Waals surface area contributed by atoms with Crippen molar-refractivity contribution in [2.24, 2.45) is 0 Å². The van der Waals surface area contributed by atoms with Crippen molar-refractivity contribution in [1.29, 1.82) is 0 Å². The van der Waals surface area contributed by atoms with Crippen molar-refractivity contribution >= 4 is 9.84 Å². The maximum Gasteiger partial charge on any atom is 0.151 e. The van der Waals surface area contributed by atoms with Gasteiger partial charge in [0.1, 0.15) is 0 Å². The minimum atomic E-state index is -2.79. The van der Waals surface area contributed by atoms with Gasteiger partial charge < -0.3 is 10.1 Å². The molecule has 6 heteroatoms. The lowest BCUT2D eigenvalue weighted by Gasteiger charge is -2.30. The van der Waals surface area contributed by atoms with E-state index in [2.05, 4.69) is 17.1 Å². The van der Waals surface area contributed by atoms with Crippen LogP contribution >= 0.6 is 0 Å². The summed E-state index contributed by atoms with van der Waals surface area (Å²) in [4.78, 5) is 2.19. The first-order valence-corrected chi connectivity index (χ1v) is 8.99. The van der Waals surface area contributed by atoms with Crippen LogP contribution in [0.1, 0.15) is 26.7 Å². The first-order valence-electron chi connectivity index (χ1n) is 7.17. The predicted octanol–water partition coefficient (Wildman–Crippen LogP) is 0.510. The second-order valence-electron chi connectivity index (χ2n) is 5.33. The Morgan fingerprint density at radius 3 is 2.79 bits per heavy atom. The summed E-state index contributed by atoms with van der Waals surface area (Å²) in [5, 5.41) is 3.40. The van der Waals surface area contributed by atoms with Gasteiger partial charge in [0, 0.05) is 31.8 Å². The van der Waals surface area contributed by atoms with Gasteiger partial charge in [0.25, 0.3) is 0 Å². The third-order valence-electron chi connectivity index (χ3n) is 3.77. The zero-order chi connectivity index (χ0) is 14.3. The van der Waals surface area contributed by atoms with E-state index in [0.29, 0.717) is 17.5 Å². The summed E-state index contributed by atoms with van der Waals surface area (Å²) < 4.78 is 28.2. The van der Waals surface area contributed by atoms with Crippen LogP contribution in [0.3, 0.4) is 0 Å². The molecule has 0 aromatic carbocycles. The summed E-state index contributed by atoms with van der Waals surface area (Å²) in [5.74, 6) is 0.661. The predicted molar refractivity (Wildman–Crippen MR) is 78.3 cm³/mol. The fourth-order valence-electron chi connectivity index (χ4n) is 2.35. The van der Waals surface area contributed by atoms with Crippen LogP contribution in [0.5, 0.6) is 0 Å². The molecule has 19 heavy (non-hydrogen) atoms. The number of sulfone groups is 1. The van der Waals surface area contributed by atoms with Gasteiger partial charge in [-0.15, -0.1) is 0 Å². The molecule has 1 aliphatic rings. The Balaban J connectivity index is 2.17. The lowest BCUT2D eigenvalue weighted by atomic mass is 10.2. The molecular formula is C13H28N2O3S. The molecule has 0 radical (unpaired) electrons. The largest absolute Gasteiger partial charge is 0.382 e. The molecule has 5 nitrogen and oxygen atoms in total. The molecule has 1 rings (SSSR count). The number of likely N-dealkylation sites (N-methyl/N-ethyl adjacent to an activating group) is 1. The Labute approximate surface area is 117 Å². The van der Waals surface area contributed by atoms with E-state index in [-0.39, 0.29) is 6.04 Å². The summed E-state index contributed by atoms with van der Waals surface area (Å²) in [6.07, 6.45) is 1.79. The molecule has 0 aliphatic carbocycles. The number of nitrogens with zero attached hydrogens (tertiary/aromatic N) is 1. The van der Waals surface area contributed by atoms with E-state index in [0.717, 1.165) is 39.1 Å². The Bertz CT molecular complexity index is 346. The Morgan fingerprint density at radius 1 is 1.47 bits per heavy atom. The van der Waals surface area contributed by atoms with Gasteiger partial charge in [0.15, 0.2) is 9.84 Å². The van der Waals surface area contributed by atoms with Gasteiger partial charge in [0.2, 0.25) is 0 Å². The Morgan fingerprint density at radius 2 is 2.21 bits per heavy atom. The fraction of sp³-hybridized carbons (Fsp3) is 1.00. The zero-order valence-electron chi connectivity index (χ0n) is 12.4. The molecular weight excluding hydrogens is 264 g/mol. The van der Waals surface area contributed by atoms with E-state index in [1.165, 1.54) is 0 Å². The molecule has 1 saturated heterocycles. The van der Waals surface area contributed by atoms with Crippen LogP contribution in [-0.4, -0.2) is 70.3 Å². The number of hydrogen-bond donors (Lipinski definition) is 1. The Kier molecular flexibility index (Phi) is 7.28. The van der Waals surface area contributed by atoms with Gasteiger partial charge in [0.05, 0.1) is 11.5 Å². The monoisotopic (exact) mass is 292 g/mol. The van der Waals surface area contributed by atoms with Gasteiger partial charge in [-0.05, 0) is 40.3 Å². The average molecular weight is 292 g/mol. The third kappa shape index (κ3) is 6.21. The van der Waals surface area contributed by atoms with Crippen molar-refractivity contribution in [3.63, 3.8) is 0 Å². The molecule has 1 fully saturated rings. The standard InChI is InChI=1S/C13H28N2O3S/c1-4-18-8-5-7-14-10-12(2)15(3)13-6-9-19(16,17)11-13/h12-14H,4-11H2,1-3H3.